The maximum absolute atomic E-state index is 13.3. The van der Waals surface area contributed by atoms with E-state index in [1.54, 1.807) is 32.4 Å². The van der Waals surface area contributed by atoms with Crippen molar-refractivity contribution in [1.82, 2.24) is 4.90 Å². The molecule has 1 amide bonds. The molecule has 0 radical (unpaired) electrons. The van der Waals surface area contributed by atoms with E-state index in [0.29, 0.717) is 35.2 Å². The summed E-state index contributed by atoms with van der Waals surface area (Å²) in [4.78, 5) is 27.9. The van der Waals surface area contributed by atoms with E-state index in [9.17, 15) is 14.7 Å². The molecule has 2 aromatic carbocycles. The monoisotopic (exact) mass is 493 g/mol. The highest BCUT2D eigenvalue weighted by atomic mass is 16.5. The first kappa shape index (κ1) is 25.8. The van der Waals surface area contributed by atoms with Gasteiger partial charge in [0.15, 0.2) is 11.5 Å². The van der Waals surface area contributed by atoms with Crippen molar-refractivity contribution in [2.75, 3.05) is 34.0 Å². The van der Waals surface area contributed by atoms with Crippen molar-refractivity contribution >= 4 is 17.4 Å². The van der Waals surface area contributed by atoms with Gasteiger partial charge in [0.05, 0.1) is 31.9 Å². The number of hydrogen-bond acceptors (Lipinski definition) is 6. The van der Waals surface area contributed by atoms with Gasteiger partial charge in [-0.05, 0) is 66.5 Å². The molecule has 1 atom stereocenters. The van der Waals surface area contributed by atoms with Crippen LogP contribution in [-0.2, 0) is 27.2 Å². The normalized spacial score (nSPS) is 19.0. The summed E-state index contributed by atoms with van der Waals surface area (Å²) in [7, 11) is 3.11. The van der Waals surface area contributed by atoms with E-state index in [0.717, 1.165) is 25.7 Å². The molecule has 1 saturated heterocycles. The number of hydrogen-bond donors (Lipinski definition) is 1. The van der Waals surface area contributed by atoms with Crippen LogP contribution in [0.5, 0.6) is 11.5 Å². The number of rotatable bonds is 9. The fraction of sp³-hybridized carbons (Fsp3) is 0.448. The van der Waals surface area contributed by atoms with Crippen molar-refractivity contribution in [2.24, 2.45) is 5.92 Å². The average molecular weight is 494 g/mol. The number of ether oxygens (including phenoxy) is 3. The van der Waals surface area contributed by atoms with Crippen LogP contribution in [0.4, 0.5) is 0 Å². The van der Waals surface area contributed by atoms with E-state index >= 15 is 0 Å². The molecule has 1 fully saturated rings. The van der Waals surface area contributed by atoms with Gasteiger partial charge in [-0.15, -0.1) is 0 Å². The molecule has 0 aromatic heterocycles. The zero-order valence-corrected chi connectivity index (χ0v) is 21.5. The van der Waals surface area contributed by atoms with Crippen molar-refractivity contribution in [3.05, 3.63) is 64.2 Å². The van der Waals surface area contributed by atoms with Crippen LogP contribution in [0.15, 0.2) is 42.0 Å². The first-order valence-electron chi connectivity index (χ1n) is 12.6. The van der Waals surface area contributed by atoms with Gasteiger partial charge in [-0.1, -0.05) is 32.0 Å². The molecule has 1 N–H and O–H groups in total. The van der Waals surface area contributed by atoms with Crippen LogP contribution in [0.3, 0.4) is 0 Å². The Kier molecular flexibility index (Phi) is 7.99. The zero-order chi connectivity index (χ0) is 25.8. The molecule has 2 aromatic rings. The van der Waals surface area contributed by atoms with Crippen molar-refractivity contribution in [3.8, 4) is 11.5 Å². The summed E-state index contributed by atoms with van der Waals surface area (Å²) in [6.07, 6.45) is 4.21. The van der Waals surface area contributed by atoms with Crippen molar-refractivity contribution in [3.63, 3.8) is 0 Å². The molecule has 192 valence electrons. The largest absolute Gasteiger partial charge is 0.507 e. The number of fused-ring (bicyclic) bond motifs is 1. The van der Waals surface area contributed by atoms with Gasteiger partial charge in [-0.3, -0.25) is 9.59 Å². The van der Waals surface area contributed by atoms with E-state index in [4.69, 9.17) is 14.2 Å². The number of carbonyl (C=O) groups is 2. The average Bonchev–Trinajstić information content (AvgIpc) is 3.14. The number of amides is 1. The molecule has 7 nitrogen and oxygen atoms in total. The van der Waals surface area contributed by atoms with Crippen LogP contribution in [-0.4, -0.2) is 55.7 Å². The SMILES string of the molecule is COCCN1C(=O)C(=O)/C(=C(/O)c2ccc3c(c2)CCCC3)C1c1ccc(OC)c(OCC(C)C)c1. The summed E-state index contributed by atoms with van der Waals surface area (Å²) in [5.74, 6) is -0.136. The number of benzene rings is 2. The van der Waals surface area contributed by atoms with Gasteiger partial charge in [-0.25, -0.2) is 0 Å². The number of Topliss-reactive ketones (excluding diaryl/α,β-unsaturated/α-hetero) is 1. The molecule has 0 saturated carbocycles. The van der Waals surface area contributed by atoms with Crippen LogP contribution in [0.25, 0.3) is 5.76 Å². The van der Waals surface area contributed by atoms with Gasteiger partial charge in [0.1, 0.15) is 5.76 Å². The molecule has 1 unspecified atom stereocenters. The van der Waals surface area contributed by atoms with Crippen LogP contribution in [0.2, 0.25) is 0 Å². The molecule has 2 aliphatic rings. The molecule has 0 spiro atoms. The second-order valence-electron chi connectivity index (χ2n) is 9.79. The zero-order valence-electron chi connectivity index (χ0n) is 21.5. The summed E-state index contributed by atoms with van der Waals surface area (Å²) >= 11 is 0. The maximum Gasteiger partial charge on any atom is 0.295 e. The van der Waals surface area contributed by atoms with E-state index in [1.165, 1.54) is 16.0 Å². The molecule has 7 heteroatoms. The summed E-state index contributed by atoms with van der Waals surface area (Å²) in [5, 5.41) is 11.4. The number of carbonyl (C=O) groups excluding carboxylic acids is 2. The minimum Gasteiger partial charge on any atom is -0.507 e. The van der Waals surface area contributed by atoms with E-state index in [1.807, 2.05) is 18.2 Å². The van der Waals surface area contributed by atoms with Crippen molar-refractivity contribution in [1.29, 1.82) is 0 Å². The molecule has 1 aliphatic heterocycles. The Balaban J connectivity index is 1.82. The predicted molar refractivity (Wildman–Crippen MR) is 137 cm³/mol. The van der Waals surface area contributed by atoms with Crippen molar-refractivity contribution < 1.29 is 28.9 Å². The van der Waals surface area contributed by atoms with E-state index < -0.39 is 17.7 Å². The fourth-order valence-corrected chi connectivity index (χ4v) is 4.92. The van der Waals surface area contributed by atoms with Crippen LogP contribution < -0.4 is 9.47 Å². The third kappa shape index (κ3) is 5.12. The van der Waals surface area contributed by atoms with Crippen LogP contribution in [0, 0.1) is 5.92 Å². The lowest BCUT2D eigenvalue weighted by Gasteiger charge is -2.26. The van der Waals surface area contributed by atoms with Gasteiger partial charge in [-0.2, -0.15) is 0 Å². The number of likely N-dealkylation sites (tertiary alicyclic amines) is 1. The molecule has 36 heavy (non-hydrogen) atoms. The molecular weight excluding hydrogens is 458 g/mol. The topological polar surface area (TPSA) is 85.3 Å². The quantitative estimate of drug-likeness (QED) is 0.310. The Hall–Kier alpha value is -3.32. The Morgan fingerprint density at radius 3 is 2.47 bits per heavy atom. The lowest BCUT2D eigenvalue weighted by molar-refractivity contribution is -0.140. The smallest absolute Gasteiger partial charge is 0.295 e. The Morgan fingerprint density at radius 1 is 1.03 bits per heavy atom. The predicted octanol–water partition coefficient (Wildman–Crippen LogP) is 4.68. The standard InChI is InChI=1S/C29H35NO6/c1-18(2)17-36-24-16-21(11-12-23(24)35-4)26-25(28(32)29(33)30(26)13-14-34-3)27(31)22-10-9-19-7-5-6-8-20(19)15-22/h9-12,15-16,18,26,31H,5-8,13-14,17H2,1-4H3/b27-25+. The summed E-state index contributed by atoms with van der Waals surface area (Å²) < 4.78 is 16.7. The number of aryl methyl sites for hydroxylation is 2. The molecule has 1 heterocycles. The first-order chi connectivity index (χ1) is 17.3. The summed E-state index contributed by atoms with van der Waals surface area (Å²) in [6, 6.07) is 10.4. The van der Waals surface area contributed by atoms with E-state index in [2.05, 4.69) is 13.8 Å². The number of aliphatic hydroxyl groups excluding tert-OH is 1. The number of methoxy groups -OCH3 is 2. The number of nitrogens with zero attached hydrogens (tertiary/aromatic N) is 1. The molecule has 1 aliphatic carbocycles. The number of ketones is 1. The summed E-state index contributed by atoms with van der Waals surface area (Å²) in [5.41, 5.74) is 3.74. The van der Waals surface area contributed by atoms with Gasteiger partial charge in [0.25, 0.3) is 11.7 Å². The number of aliphatic hydroxyl groups is 1. The Morgan fingerprint density at radius 2 is 1.78 bits per heavy atom. The maximum atomic E-state index is 13.3. The third-order valence-corrected chi connectivity index (χ3v) is 6.77. The first-order valence-corrected chi connectivity index (χ1v) is 12.6. The van der Waals surface area contributed by atoms with Gasteiger partial charge in [0.2, 0.25) is 0 Å². The van der Waals surface area contributed by atoms with Crippen LogP contribution in [0.1, 0.15) is 55.0 Å². The lowest BCUT2D eigenvalue weighted by atomic mass is 9.88. The fourth-order valence-electron chi connectivity index (χ4n) is 4.92. The lowest BCUT2D eigenvalue weighted by Crippen LogP contribution is -2.32. The summed E-state index contributed by atoms with van der Waals surface area (Å²) in [6.45, 7) is 5.05. The third-order valence-electron chi connectivity index (χ3n) is 6.77. The molecule has 0 bridgehead atoms. The minimum absolute atomic E-state index is 0.0758. The van der Waals surface area contributed by atoms with E-state index in [-0.39, 0.29) is 24.5 Å². The van der Waals surface area contributed by atoms with Gasteiger partial charge in [0, 0.05) is 19.2 Å². The second kappa shape index (κ2) is 11.2. The highest BCUT2D eigenvalue weighted by Crippen LogP contribution is 2.42. The molecule has 4 rings (SSSR count). The highest BCUT2D eigenvalue weighted by molar-refractivity contribution is 6.46. The van der Waals surface area contributed by atoms with Crippen molar-refractivity contribution in [2.45, 2.75) is 45.6 Å². The Bertz CT molecular complexity index is 1170. The Labute approximate surface area is 212 Å². The van der Waals surface area contributed by atoms with Gasteiger partial charge < -0.3 is 24.2 Å². The van der Waals surface area contributed by atoms with Gasteiger partial charge >= 0.3 is 0 Å². The van der Waals surface area contributed by atoms with Crippen LogP contribution >= 0.6 is 0 Å². The highest BCUT2D eigenvalue weighted by Gasteiger charge is 2.46. The minimum atomic E-state index is -0.775. The second-order valence-corrected chi connectivity index (χ2v) is 9.79. The molecular formula is C29H35NO6.